The Morgan fingerprint density at radius 3 is 3.11 bits per heavy atom. The average Bonchev–Trinajstić information content (AvgIpc) is 2.80. The Morgan fingerprint density at radius 2 is 2.33 bits per heavy atom. The summed E-state index contributed by atoms with van der Waals surface area (Å²) >= 11 is 1.98. The summed E-state index contributed by atoms with van der Waals surface area (Å²) in [4.78, 5) is 0. The summed E-state index contributed by atoms with van der Waals surface area (Å²) in [5, 5.41) is 3.36. The van der Waals surface area contributed by atoms with Crippen molar-refractivity contribution < 1.29 is 4.74 Å². The first-order valence-electron chi connectivity index (χ1n) is 6.85. The van der Waals surface area contributed by atoms with E-state index in [0.29, 0.717) is 6.04 Å². The third-order valence-corrected chi connectivity index (χ3v) is 4.43. The highest BCUT2D eigenvalue weighted by atomic mass is 32.2. The number of rotatable bonds is 7. The van der Waals surface area contributed by atoms with E-state index in [0.717, 1.165) is 18.8 Å². The van der Waals surface area contributed by atoms with E-state index in [4.69, 9.17) is 4.74 Å². The highest BCUT2D eigenvalue weighted by Gasteiger charge is 2.20. The molecule has 0 aromatic heterocycles. The molecule has 1 atom stereocenters. The van der Waals surface area contributed by atoms with Crippen LogP contribution in [0.3, 0.4) is 0 Å². The zero-order chi connectivity index (χ0) is 12.8. The lowest BCUT2D eigenvalue weighted by atomic mass is 10.1. The molecular formula is C15H23NOS. The molecule has 0 bridgehead atoms. The average molecular weight is 265 g/mol. The van der Waals surface area contributed by atoms with Crippen LogP contribution in [0.2, 0.25) is 0 Å². The van der Waals surface area contributed by atoms with Crippen LogP contribution >= 0.6 is 11.8 Å². The van der Waals surface area contributed by atoms with Crippen molar-refractivity contribution >= 4 is 11.8 Å². The number of hydrogen-bond acceptors (Lipinski definition) is 3. The molecule has 2 rings (SSSR count). The fourth-order valence-corrected chi connectivity index (χ4v) is 3.09. The smallest absolute Gasteiger partial charge is 0.119 e. The highest BCUT2D eigenvalue weighted by molar-refractivity contribution is 7.99. The van der Waals surface area contributed by atoms with Crippen LogP contribution in [0.25, 0.3) is 0 Å². The molecule has 1 N–H and O–H groups in total. The highest BCUT2D eigenvalue weighted by Crippen LogP contribution is 2.33. The Morgan fingerprint density at radius 1 is 1.44 bits per heavy atom. The molecule has 0 saturated heterocycles. The fraction of sp³-hybridized carbons (Fsp3) is 0.600. The molecule has 0 spiro atoms. The van der Waals surface area contributed by atoms with Crippen LogP contribution in [-0.2, 0) is 6.42 Å². The molecule has 1 aromatic rings. The second kappa shape index (κ2) is 7.05. The van der Waals surface area contributed by atoms with Gasteiger partial charge in [-0.25, -0.2) is 0 Å². The molecule has 3 heteroatoms. The second-order valence-corrected chi connectivity index (χ2v) is 6.03. The third-order valence-electron chi connectivity index (χ3n) is 3.45. The topological polar surface area (TPSA) is 21.3 Å². The summed E-state index contributed by atoms with van der Waals surface area (Å²) in [6.45, 7) is 3.03. The molecule has 0 amide bonds. The first kappa shape index (κ1) is 13.8. The molecule has 0 saturated carbocycles. The largest absolute Gasteiger partial charge is 0.494 e. The quantitative estimate of drug-likeness (QED) is 0.763. The van der Waals surface area contributed by atoms with Crippen LogP contribution in [0.15, 0.2) is 18.2 Å². The molecule has 18 heavy (non-hydrogen) atoms. The monoisotopic (exact) mass is 265 g/mol. The number of thioether (sulfide) groups is 1. The normalized spacial score (nSPS) is 17.8. The maximum absolute atomic E-state index is 5.81. The van der Waals surface area contributed by atoms with Gasteiger partial charge in [0.1, 0.15) is 5.75 Å². The Bertz CT molecular complexity index is 381. The zero-order valence-corrected chi connectivity index (χ0v) is 12.2. The van der Waals surface area contributed by atoms with Gasteiger partial charge in [0.15, 0.2) is 0 Å². The van der Waals surface area contributed by atoms with Gasteiger partial charge in [-0.3, -0.25) is 0 Å². The van der Waals surface area contributed by atoms with Crippen LogP contribution in [-0.4, -0.2) is 25.2 Å². The summed E-state index contributed by atoms with van der Waals surface area (Å²) in [5.74, 6) is 3.43. The van der Waals surface area contributed by atoms with Crippen LogP contribution in [0.5, 0.6) is 5.75 Å². The predicted octanol–water partition coefficient (Wildman–Crippen LogP) is 3.42. The van der Waals surface area contributed by atoms with Gasteiger partial charge in [0, 0.05) is 6.04 Å². The lowest BCUT2D eigenvalue weighted by Crippen LogP contribution is -2.12. The number of nitrogens with one attached hydrogen (secondary N) is 1. The van der Waals surface area contributed by atoms with Crippen molar-refractivity contribution in [2.45, 2.75) is 32.2 Å². The molecule has 0 aliphatic heterocycles. The first-order chi connectivity index (χ1) is 8.85. The van der Waals surface area contributed by atoms with Crippen LogP contribution in [0.1, 0.15) is 36.9 Å². The van der Waals surface area contributed by atoms with Gasteiger partial charge in [-0.05, 0) is 61.1 Å². The zero-order valence-electron chi connectivity index (χ0n) is 11.4. The van der Waals surface area contributed by atoms with Crippen molar-refractivity contribution in [1.82, 2.24) is 5.32 Å². The van der Waals surface area contributed by atoms with Crippen molar-refractivity contribution in [3.63, 3.8) is 0 Å². The molecule has 2 nitrogen and oxygen atoms in total. The maximum atomic E-state index is 5.81. The van der Waals surface area contributed by atoms with Gasteiger partial charge in [-0.2, -0.15) is 11.8 Å². The Labute approximate surface area is 114 Å². The van der Waals surface area contributed by atoms with Crippen LogP contribution in [0, 0.1) is 0 Å². The summed E-state index contributed by atoms with van der Waals surface area (Å²) in [6.07, 6.45) is 3.51. The van der Waals surface area contributed by atoms with E-state index < -0.39 is 0 Å². The van der Waals surface area contributed by atoms with Crippen LogP contribution < -0.4 is 10.1 Å². The summed E-state index contributed by atoms with van der Waals surface area (Å²) < 4.78 is 5.81. The number of hydrogen-bond donors (Lipinski definition) is 1. The van der Waals surface area contributed by atoms with E-state index in [-0.39, 0.29) is 0 Å². The molecule has 0 heterocycles. The Balaban J connectivity index is 1.84. The Kier molecular flexibility index (Phi) is 5.39. The molecule has 100 valence electrons. The minimum absolute atomic E-state index is 0.537. The molecule has 1 aliphatic carbocycles. The van der Waals surface area contributed by atoms with Crippen molar-refractivity contribution in [3.05, 3.63) is 29.3 Å². The number of ether oxygens (including phenoxy) is 1. The standard InChI is InChI=1S/C15H23NOS/c1-3-18-10-4-9-17-13-6-7-14-12(11-13)5-8-15(14)16-2/h6-7,11,15-16H,3-5,8-10H2,1-2H3. The Hall–Kier alpha value is -0.670. The maximum Gasteiger partial charge on any atom is 0.119 e. The fourth-order valence-electron chi connectivity index (χ4n) is 2.48. The van der Waals surface area contributed by atoms with Gasteiger partial charge >= 0.3 is 0 Å². The molecule has 0 fully saturated rings. The van der Waals surface area contributed by atoms with E-state index in [9.17, 15) is 0 Å². The molecule has 1 aromatic carbocycles. The van der Waals surface area contributed by atoms with Gasteiger partial charge in [-0.15, -0.1) is 0 Å². The summed E-state index contributed by atoms with van der Waals surface area (Å²) in [6, 6.07) is 7.09. The molecular weight excluding hydrogens is 242 g/mol. The summed E-state index contributed by atoms with van der Waals surface area (Å²) in [5.41, 5.74) is 2.90. The SMILES string of the molecule is CCSCCCOc1ccc2c(c1)CCC2NC. The van der Waals surface area contributed by atoms with E-state index in [1.807, 2.05) is 18.8 Å². The predicted molar refractivity (Wildman–Crippen MR) is 79.7 cm³/mol. The minimum Gasteiger partial charge on any atom is -0.494 e. The van der Waals surface area contributed by atoms with E-state index in [1.54, 1.807) is 0 Å². The molecule has 1 aliphatic rings. The summed E-state index contributed by atoms with van der Waals surface area (Å²) in [7, 11) is 2.04. The van der Waals surface area contributed by atoms with Crippen molar-refractivity contribution in [2.24, 2.45) is 0 Å². The van der Waals surface area contributed by atoms with Crippen molar-refractivity contribution in [3.8, 4) is 5.75 Å². The number of aryl methyl sites for hydroxylation is 1. The van der Waals surface area contributed by atoms with Crippen LogP contribution in [0.4, 0.5) is 0 Å². The van der Waals surface area contributed by atoms with E-state index >= 15 is 0 Å². The first-order valence-corrected chi connectivity index (χ1v) is 8.01. The van der Waals surface area contributed by atoms with Crippen molar-refractivity contribution in [1.29, 1.82) is 0 Å². The second-order valence-electron chi connectivity index (χ2n) is 4.64. The van der Waals surface area contributed by atoms with Gasteiger partial charge < -0.3 is 10.1 Å². The van der Waals surface area contributed by atoms with E-state index in [2.05, 4.69) is 30.4 Å². The molecule has 0 radical (unpaired) electrons. The minimum atomic E-state index is 0.537. The van der Waals surface area contributed by atoms with Gasteiger partial charge in [0.05, 0.1) is 6.61 Å². The third kappa shape index (κ3) is 3.42. The van der Waals surface area contributed by atoms with Gasteiger partial charge in [0.2, 0.25) is 0 Å². The van der Waals surface area contributed by atoms with E-state index in [1.165, 1.54) is 35.5 Å². The number of fused-ring (bicyclic) bond motifs is 1. The lowest BCUT2D eigenvalue weighted by molar-refractivity contribution is 0.318. The van der Waals surface area contributed by atoms with Gasteiger partial charge in [0.25, 0.3) is 0 Å². The number of benzene rings is 1. The van der Waals surface area contributed by atoms with Crippen molar-refractivity contribution in [2.75, 3.05) is 25.2 Å². The molecule has 1 unspecified atom stereocenters. The lowest BCUT2D eigenvalue weighted by Gasteiger charge is -2.11. The van der Waals surface area contributed by atoms with Gasteiger partial charge in [-0.1, -0.05) is 13.0 Å².